The van der Waals surface area contributed by atoms with Crippen molar-refractivity contribution in [3.8, 4) is 5.75 Å². The normalized spacial score (nSPS) is 11.7. The van der Waals surface area contributed by atoms with Crippen LogP contribution in [-0.4, -0.2) is 18.2 Å². The van der Waals surface area contributed by atoms with Gasteiger partial charge in [0.1, 0.15) is 5.75 Å². The van der Waals surface area contributed by atoms with Crippen molar-refractivity contribution < 1.29 is 5.11 Å². The molecule has 0 atom stereocenters. The second-order valence-corrected chi connectivity index (χ2v) is 5.15. The van der Waals surface area contributed by atoms with Crippen molar-refractivity contribution in [1.82, 2.24) is 5.32 Å². The van der Waals surface area contributed by atoms with Crippen molar-refractivity contribution >= 4 is 0 Å². The van der Waals surface area contributed by atoms with E-state index in [-0.39, 0.29) is 0 Å². The van der Waals surface area contributed by atoms with Gasteiger partial charge in [0.05, 0.1) is 0 Å². The molecule has 0 unspecified atom stereocenters. The van der Waals surface area contributed by atoms with Crippen molar-refractivity contribution in [2.24, 2.45) is 5.41 Å². The molecule has 0 aliphatic rings. The quantitative estimate of drug-likeness (QED) is 0.744. The van der Waals surface area contributed by atoms with Gasteiger partial charge in [0.25, 0.3) is 0 Å². The van der Waals surface area contributed by atoms with Gasteiger partial charge in [0, 0.05) is 6.54 Å². The lowest BCUT2D eigenvalue weighted by atomic mass is 9.97. The molecule has 1 rings (SSSR count). The van der Waals surface area contributed by atoms with E-state index >= 15 is 0 Å². The average molecular weight is 207 g/mol. The summed E-state index contributed by atoms with van der Waals surface area (Å²) in [5.74, 6) is 0.335. The first kappa shape index (κ1) is 12.1. The molecular weight excluding hydrogens is 186 g/mol. The molecule has 0 aromatic heterocycles. The van der Waals surface area contributed by atoms with E-state index < -0.39 is 0 Å². The predicted molar refractivity (Wildman–Crippen MR) is 64.1 cm³/mol. The number of hydrogen-bond donors (Lipinski definition) is 2. The minimum atomic E-state index is 0.335. The summed E-state index contributed by atoms with van der Waals surface area (Å²) < 4.78 is 0. The third-order valence-electron chi connectivity index (χ3n) is 2.18. The van der Waals surface area contributed by atoms with Crippen LogP contribution < -0.4 is 5.32 Å². The Hall–Kier alpha value is -1.02. The molecule has 0 bridgehead atoms. The first-order valence-corrected chi connectivity index (χ1v) is 5.46. The molecule has 0 spiro atoms. The molecule has 0 radical (unpaired) electrons. The fourth-order valence-corrected chi connectivity index (χ4v) is 1.36. The highest BCUT2D eigenvalue weighted by molar-refractivity contribution is 5.25. The van der Waals surface area contributed by atoms with Crippen LogP contribution in [0, 0.1) is 5.41 Å². The third-order valence-corrected chi connectivity index (χ3v) is 2.18. The molecule has 2 heteroatoms. The van der Waals surface area contributed by atoms with Crippen LogP contribution in [0.2, 0.25) is 0 Å². The van der Waals surface area contributed by atoms with Gasteiger partial charge in [0.15, 0.2) is 0 Å². The molecule has 0 saturated heterocycles. The largest absolute Gasteiger partial charge is 0.508 e. The summed E-state index contributed by atoms with van der Waals surface area (Å²) in [5, 5.41) is 12.5. The molecule has 1 aromatic rings. The van der Waals surface area contributed by atoms with E-state index in [9.17, 15) is 0 Å². The maximum absolute atomic E-state index is 9.12. The standard InChI is InChI=1S/C13H21NO/c1-13(2,3)10-14-9-8-11-4-6-12(15)7-5-11/h4-7,14-15H,8-10H2,1-3H3. The summed E-state index contributed by atoms with van der Waals surface area (Å²) in [6.45, 7) is 8.69. The van der Waals surface area contributed by atoms with Gasteiger partial charge in [-0.25, -0.2) is 0 Å². The van der Waals surface area contributed by atoms with Gasteiger partial charge in [-0.3, -0.25) is 0 Å². The van der Waals surface area contributed by atoms with Crippen LogP contribution in [-0.2, 0) is 6.42 Å². The van der Waals surface area contributed by atoms with Crippen molar-refractivity contribution in [3.05, 3.63) is 29.8 Å². The summed E-state index contributed by atoms with van der Waals surface area (Å²) in [6, 6.07) is 7.40. The van der Waals surface area contributed by atoms with Crippen LogP contribution in [0.1, 0.15) is 26.3 Å². The van der Waals surface area contributed by atoms with Crippen LogP contribution >= 0.6 is 0 Å². The zero-order valence-electron chi connectivity index (χ0n) is 9.88. The number of hydrogen-bond acceptors (Lipinski definition) is 2. The van der Waals surface area contributed by atoms with Crippen molar-refractivity contribution in [3.63, 3.8) is 0 Å². The first-order valence-electron chi connectivity index (χ1n) is 5.46. The minimum Gasteiger partial charge on any atom is -0.508 e. The second-order valence-electron chi connectivity index (χ2n) is 5.15. The van der Waals surface area contributed by atoms with E-state index in [1.165, 1.54) is 5.56 Å². The molecule has 0 heterocycles. The maximum Gasteiger partial charge on any atom is 0.115 e. The van der Waals surface area contributed by atoms with Gasteiger partial charge >= 0.3 is 0 Å². The first-order chi connectivity index (χ1) is 6.97. The number of benzene rings is 1. The molecule has 0 fully saturated rings. The van der Waals surface area contributed by atoms with Gasteiger partial charge in [-0.2, -0.15) is 0 Å². The molecule has 2 N–H and O–H groups in total. The van der Waals surface area contributed by atoms with Gasteiger partial charge in [-0.15, -0.1) is 0 Å². The molecule has 0 aliphatic carbocycles. The summed E-state index contributed by atoms with van der Waals surface area (Å²) >= 11 is 0. The van der Waals surface area contributed by atoms with Crippen molar-refractivity contribution in [2.45, 2.75) is 27.2 Å². The van der Waals surface area contributed by atoms with E-state index in [0.717, 1.165) is 19.5 Å². The highest BCUT2D eigenvalue weighted by atomic mass is 16.3. The van der Waals surface area contributed by atoms with Crippen LogP contribution in [0.5, 0.6) is 5.75 Å². The van der Waals surface area contributed by atoms with E-state index in [1.807, 2.05) is 12.1 Å². The Morgan fingerprint density at radius 1 is 1.13 bits per heavy atom. The lowest BCUT2D eigenvalue weighted by Gasteiger charge is -2.18. The Bertz CT molecular complexity index is 284. The van der Waals surface area contributed by atoms with Crippen molar-refractivity contribution in [1.29, 1.82) is 0 Å². The van der Waals surface area contributed by atoms with Gasteiger partial charge in [-0.1, -0.05) is 32.9 Å². The summed E-state index contributed by atoms with van der Waals surface area (Å²) in [6.07, 6.45) is 1.01. The van der Waals surface area contributed by atoms with E-state index in [2.05, 4.69) is 26.1 Å². The predicted octanol–water partition coefficient (Wildman–Crippen LogP) is 2.57. The summed E-state index contributed by atoms with van der Waals surface area (Å²) in [5.41, 5.74) is 1.60. The number of nitrogens with one attached hydrogen (secondary N) is 1. The summed E-state index contributed by atoms with van der Waals surface area (Å²) in [4.78, 5) is 0. The van der Waals surface area contributed by atoms with Crippen LogP contribution in [0.3, 0.4) is 0 Å². The SMILES string of the molecule is CC(C)(C)CNCCc1ccc(O)cc1. The summed E-state index contributed by atoms with van der Waals surface area (Å²) in [7, 11) is 0. The number of phenols is 1. The van der Waals surface area contributed by atoms with Gasteiger partial charge in [-0.05, 0) is 36.1 Å². The molecule has 0 aliphatic heterocycles. The van der Waals surface area contributed by atoms with Gasteiger partial charge in [0.2, 0.25) is 0 Å². The second kappa shape index (κ2) is 5.17. The topological polar surface area (TPSA) is 32.3 Å². The zero-order valence-corrected chi connectivity index (χ0v) is 9.88. The van der Waals surface area contributed by atoms with E-state index in [1.54, 1.807) is 12.1 Å². The van der Waals surface area contributed by atoms with Gasteiger partial charge < -0.3 is 10.4 Å². The molecule has 0 saturated carbocycles. The van der Waals surface area contributed by atoms with Crippen LogP contribution in [0.15, 0.2) is 24.3 Å². The van der Waals surface area contributed by atoms with Crippen molar-refractivity contribution in [2.75, 3.05) is 13.1 Å². The van der Waals surface area contributed by atoms with E-state index in [0.29, 0.717) is 11.2 Å². The molecule has 0 amide bonds. The number of phenolic OH excluding ortho intramolecular Hbond substituents is 1. The Balaban J connectivity index is 2.23. The van der Waals surface area contributed by atoms with E-state index in [4.69, 9.17) is 5.11 Å². The average Bonchev–Trinajstić information content (AvgIpc) is 2.14. The fourth-order valence-electron chi connectivity index (χ4n) is 1.36. The highest BCUT2D eigenvalue weighted by Crippen LogP contribution is 2.11. The monoisotopic (exact) mass is 207 g/mol. The highest BCUT2D eigenvalue weighted by Gasteiger charge is 2.08. The molecular formula is C13H21NO. The van der Waals surface area contributed by atoms with Crippen LogP contribution in [0.4, 0.5) is 0 Å². The Kier molecular flexibility index (Phi) is 4.15. The molecule has 2 nitrogen and oxygen atoms in total. The lowest BCUT2D eigenvalue weighted by molar-refractivity contribution is 0.381. The van der Waals surface area contributed by atoms with Crippen LogP contribution in [0.25, 0.3) is 0 Å². The number of rotatable bonds is 4. The number of aromatic hydroxyl groups is 1. The fraction of sp³-hybridized carbons (Fsp3) is 0.538. The maximum atomic E-state index is 9.12. The molecule has 1 aromatic carbocycles. The Morgan fingerprint density at radius 2 is 1.73 bits per heavy atom. The Labute approximate surface area is 92.3 Å². The minimum absolute atomic E-state index is 0.335. The Morgan fingerprint density at radius 3 is 2.27 bits per heavy atom. The molecule has 84 valence electrons. The molecule has 15 heavy (non-hydrogen) atoms. The zero-order chi connectivity index (χ0) is 11.3. The third kappa shape index (κ3) is 5.43. The lowest BCUT2D eigenvalue weighted by Crippen LogP contribution is -2.28. The smallest absolute Gasteiger partial charge is 0.115 e.